The second kappa shape index (κ2) is 12.7. The Labute approximate surface area is 279 Å². The van der Waals surface area contributed by atoms with E-state index in [0.717, 1.165) is 87.7 Å². The van der Waals surface area contributed by atoms with Crippen molar-refractivity contribution >= 4 is 11.5 Å². The molecule has 0 radical (unpaired) electrons. The standard InChI is InChI=1S/C34H34N4O3S.Na.H/c1-5-6-11-29-28(32(39)38(21(2)35-29)25-16-17-30-24(19-25)20-34(3,4)41-30)18-22-12-14-23(15-13-22)26-9-7-8-10-27(26)31-36-33(40)42-37-31;;/h7-10,12-17,19H,5-6,11,18,20H2,1-4H3,(H,36,37,40);;/q;+1;-1. The predicted molar refractivity (Wildman–Crippen MR) is 169 cm³/mol. The zero-order chi connectivity index (χ0) is 29.4. The Kier molecular flexibility index (Phi) is 9.23. The van der Waals surface area contributed by atoms with Gasteiger partial charge in [-0.2, -0.15) is 4.37 Å². The third-order valence-corrected chi connectivity index (χ3v) is 8.31. The summed E-state index contributed by atoms with van der Waals surface area (Å²) in [6.45, 7) is 8.22. The van der Waals surface area contributed by atoms with Gasteiger partial charge in [0, 0.05) is 41.1 Å². The van der Waals surface area contributed by atoms with E-state index in [1.165, 1.54) is 0 Å². The molecule has 2 aromatic heterocycles. The molecule has 0 atom stereocenters. The summed E-state index contributed by atoms with van der Waals surface area (Å²) in [5, 5.41) is 0. The Morgan fingerprint density at radius 3 is 2.49 bits per heavy atom. The number of benzene rings is 3. The van der Waals surface area contributed by atoms with Gasteiger partial charge in [-0.3, -0.25) is 19.1 Å². The first kappa shape index (κ1) is 31.1. The molecular formula is C34H35N4NaO3S. The van der Waals surface area contributed by atoms with Crippen LogP contribution in [0.1, 0.15) is 63.2 Å². The minimum absolute atomic E-state index is 0. The van der Waals surface area contributed by atoms with Crippen molar-refractivity contribution in [2.75, 3.05) is 0 Å². The zero-order valence-electron chi connectivity index (χ0n) is 26.4. The number of hydrogen-bond acceptors (Lipinski definition) is 6. The quantitative estimate of drug-likeness (QED) is 0.273. The van der Waals surface area contributed by atoms with E-state index >= 15 is 0 Å². The zero-order valence-corrected chi connectivity index (χ0v) is 28.2. The summed E-state index contributed by atoms with van der Waals surface area (Å²) < 4.78 is 12.1. The maximum atomic E-state index is 14.2. The number of unbranched alkanes of at least 4 members (excludes halogenated alkanes) is 1. The monoisotopic (exact) mass is 602 g/mol. The molecule has 0 saturated heterocycles. The number of aromatic amines is 1. The minimum atomic E-state index is -0.251. The molecule has 0 saturated carbocycles. The Bertz CT molecular complexity index is 1900. The molecule has 9 heteroatoms. The molecule has 5 aromatic rings. The maximum absolute atomic E-state index is 14.2. The molecule has 0 amide bonds. The topological polar surface area (TPSA) is 89.9 Å². The van der Waals surface area contributed by atoms with E-state index < -0.39 is 0 Å². The summed E-state index contributed by atoms with van der Waals surface area (Å²) in [5.41, 5.74) is 7.18. The van der Waals surface area contributed by atoms with Gasteiger partial charge in [0.05, 0.1) is 11.4 Å². The Hall–Kier alpha value is -3.30. The van der Waals surface area contributed by atoms with Gasteiger partial charge in [0.15, 0.2) is 5.82 Å². The molecule has 216 valence electrons. The van der Waals surface area contributed by atoms with Crippen LogP contribution in [0.3, 0.4) is 0 Å². The number of nitrogens with zero attached hydrogens (tertiary/aromatic N) is 3. The summed E-state index contributed by atoms with van der Waals surface area (Å²) in [6.07, 6.45) is 4.07. The van der Waals surface area contributed by atoms with E-state index in [0.29, 0.717) is 18.1 Å². The molecule has 3 heterocycles. The van der Waals surface area contributed by atoms with Crippen molar-refractivity contribution in [1.29, 1.82) is 0 Å². The van der Waals surface area contributed by atoms with Gasteiger partial charge in [-0.15, -0.1) is 0 Å². The van der Waals surface area contributed by atoms with Crippen LogP contribution in [0.2, 0.25) is 0 Å². The second-order valence-corrected chi connectivity index (χ2v) is 12.3. The molecule has 1 aliphatic heterocycles. The van der Waals surface area contributed by atoms with Gasteiger partial charge < -0.3 is 6.16 Å². The average Bonchev–Trinajstić information content (AvgIpc) is 3.54. The first-order chi connectivity index (χ1) is 20.2. The predicted octanol–water partition coefficient (Wildman–Crippen LogP) is 3.78. The fraction of sp³-hybridized carbons (Fsp3) is 0.294. The maximum Gasteiger partial charge on any atom is 1.00 e. The molecule has 0 fully saturated rings. The fourth-order valence-corrected chi connectivity index (χ4v) is 6.24. The first-order valence-corrected chi connectivity index (χ1v) is 15.2. The van der Waals surface area contributed by atoms with E-state index in [9.17, 15) is 9.59 Å². The van der Waals surface area contributed by atoms with Gasteiger partial charge in [-0.05, 0) is 68.5 Å². The number of nitrogens with one attached hydrogen (secondary N) is 1. The van der Waals surface area contributed by atoms with Crippen LogP contribution in [0.15, 0.2) is 76.3 Å². The van der Waals surface area contributed by atoms with Gasteiger partial charge in [0.2, 0.25) is 0 Å². The summed E-state index contributed by atoms with van der Waals surface area (Å²) in [7, 11) is 0. The average molecular weight is 603 g/mol. The summed E-state index contributed by atoms with van der Waals surface area (Å²) >= 11 is 0.916. The van der Waals surface area contributed by atoms with E-state index in [-0.39, 0.29) is 47.0 Å². The summed E-state index contributed by atoms with van der Waals surface area (Å²) in [4.78, 5) is 33.5. The van der Waals surface area contributed by atoms with E-state index in [4.69, 9.17) is 9.72 Å². The van der Waals surface area contributed by atoms with Crippen molar-refractivity contribution < 1.29 is 35.7 Å². The number of aryl methyl sites for hydroxylation is 2. The Morgan fingerprint density at radius 2 is 1.79 bits per heavy atom. The van der Waals surface area contributed by atoms with Crippen LogP contribution < -0.4 is 44.7 Å². The number of fused-ring (bicyclic) bond motifs is 1. The van der Waals surface area contributed by atoms with Crippen LogP contribution in [0.25, 0.3) is 28.2 Å². The van der Waals surface area contributed by atoms with Crippen LogP contribution in [0.5, 0.6) is 5.75 Å². The van der Waals surface area contributed by atoms with Crippen molar-refractivity contribution in [2.45, 2.75) is 65.4 Å². The normalized spacial score (nSPS) is 13.3. The molecule has 1 N–H and O–H groups in total. The van der Waals surface area contributed by atoms with Crippen molar-refractivity contribution in [2.24, 2.45) is 0 Å². The second-order valence-electron chi connectivity index (χ2n) is 11.5. The van der Waals surface area contributed by atoms with Crippen LogP contribution in [-0.4, -0.2) is 24.5 Å². The van der Waals surface area contributed by atoms with Crippen molar-refractivity contribution in [3.05, 3.63) is 115 Å². The largest absolute Gasteiger partial charge is 1.00 e. The van der Waals surface area contributed by atoms with Crippen molar-refractivity contribution in [1.82, 2.24) is 18.9 Å². The molecule has 0 spiro atoms. The molecule has 0 aliphatic carbocycles. The molecule has 3 aromatic carbocycles. The molecule has 0 unspecified atom stereocenters. The molecule has 6 rings (SSSR count). The Morgan fingerprint density at radius 1 is 1.05 bits per heavy atom. The van der Waals surface area contributed by atoms with Gasteiger partial charge >= 0.3 is 34.4 Å². The SMILES string of the molecule is CCCCc1nc(C)n(-c2ccc3c(c2)CC(C)(C)O3)c(=O)c1Cc1ccc(-c2ccccc2-c2nsc(=O)[nH]2)cc1.[H-].[Na+]. The van der Waals surface area contributed by atoms with E-state index in [1.807, 2.05) is 43.3 Å². The molecule has 1 aliphatic rings. The van der Waals surface area contributed by atoms with Crippen LogP contribution in [0, 0.1) is 6.92 Å². The molecule has 0 bridgehead atoms. The van der Waals surface area contributed by atoms with Crippen molar-refractivity contribution in [3.8, 4) is 34.0 Å². The van der Waals surface area contributed by atoms with Crippen LogP contribution in [0.4, 0.5) is 0 Å². The number of H-pyrrole nitrogens is 1. The number of rotatable bonds is 8. The van der Waals surface area contributed by atoms with Gasteiger partial charge in [0.25, 0.3) is 5.56 Å². The van der Waals surface area contributed by atoms with Gasteiger partial charge in [0.1, 0.15) is 17.2 Å². The third kappa shape index (κ3) is 6.48. The smallest absolute Gasteiger partial charge is 1.00 e. The van der Waals surface area contributed by atoms with Crippen LogP contribution >= 0.6 is 11.5 Å². The molecular weight excluding hydrogens is 567 g/mol. The summed E-state index contributed by atoms with van der Waals surface area (Å²) in [5.74, 6) is 2.14. The van der Waals surface area contributed by atoms with E-state index in [2.05, 4.69) is 60.5 Å². The Balaban J connectivity index is 0.00000221. The minimum Gasteiger partial charge on any atom is -1.00 e. The summed E-state index contributed by atoms with van der Waals surface area (Å²) in [6, 6.07) is 22.1. The fourth-order valence-electron chi connectivity index (χ4n) is 5.78. The van der Waals surface area contributed by atoms with E-state index in [1.54, 1.807) is 4.57 Å². The van der Waals surface area contributed by atoms with Crippen LogP contribution in [-0.2, 0) is 19.3 Å². The number of ether oxygens (including phenoxy) is 1. The number of hydrogen-bond donors (Lipinski definition) is 1. The van der Waals surface area contributed by atoms with Gasteiger partial charge in [-0.25, -0.2) is 4.98 Å². The van der Waals surface area contributed by atoms with Crippen molar-refractivity contribution in [3.63, 3.8) is 0 Å². The third-order valence-electron chi connectivity index (χ3n) is 7.77. The first-order valence-electron chi connectivity index (χ1n) is 14.4. The number of aromatic nitrogens is 4. The molecule has 43 heavy (non-hydrogen) atoms. The molecule has 7 nitrogen and oxygen atoms in total. The van der Waals surface area contributed by atoms with Gasteiger partial charge in [-0.1, -0.05) is 61.9 Å².